The fourth-order valence-electron chi connectivity index (χ4n) is 3.83. The third-order valence-electron chi connectivity index (χ3n) is 5.04. The number of halogens is 1. The third kappa shape index (κ3) is 5.10. The first-order valence-electron chi connectivity index (χ1n) is 9.59. The first kappa shape index (κ1) is 22.3. The molecule has 0 fully saturated rings. The van der Waals surface area contributed by atoms with Crippen LogP contribution in [-0.4, -0.2) is 18.7 Å². The van der Waals surface area contributed by atoms with E-state index < -0.39 is 7.26 Å². The Kier molecular flexibility index (Phi) is 8.89. The average molecular weight is 459 g/mol. The van der Waals surface area contributed by atoms with Gasteiger partial charge in [-0.05, 0) is 0 Å². The van der Waals surface area contributed by atoms with Crippen molar-refractivity contribution in [2.75, 3.05) is 12.8 Å². The molecule has 0 aliphatic heterocycles. The fourth-order valence-corrected chi connectivity index (χ4v) is 8.69. The molecule has 0 spiro atoms. The second kappa shape index (κ2) is 11.1. The second-order valence-corrected chi connectivity index (χ2v) is 10.7. The minimum absolute atomic E-state index is 0. The van der Waals surface area contributed by atoms with Crippen LogP contribution in [0.1, 0.15) is 19.8 Å². The quantitative estimate of drug-likeness (QED) is 0.363. The predicted octanol–water partition coefficient (Wildman–Crippen LogP) is 4.63. The van der Waals surface area contributed by atoms with Gasteiger partial charge >= 0.3 is 162 Å². The van der Waals surface area contributed by atoms with Crippen molar-refractivity contribution in [2.24, 2.45) is 0 Å². The molecule has 0 amide bonds. The Bertz CT molecular complexity index is 742. The summed E-state index contributed by atoms with van der Waals surface area (Å²) in [5.74, 6) is -0.102. The van der Waals surface area contributed by atoms with Crippen molar-refractivity contribution < 1.29 is 9.53 Å². The van der Waals surface area contributed by atoms with Crippen LogP contribution in [0.15, 0.2) is 91.0 Å². The van der Waals surface area contributed by atoms with Crippen LogP contribution >= 0.6 is 24.2 Å². The van der Waals surface area contributed by atoms with Crippen molar-refractivity contribution in [3.05, 3.63) is 91.0 Å². The predicted molar refractivity (Wildman–Crippen MR) is 128 cm³/mol. The molecule has 28 heavy (non-hydrogen) atoms. The molecule has 0 atom stereocenters. The molecule has 3 rings (SSSR count). The molecule has 0 heterocycles. The number of benzene rings is 3. The monoisotopic (exact) mass is 458 g/mol. The summed E-state index contributed by atoms with van der Waals surface area (Å²) in [5, 5.41) is 4.14. The van der Waals surface area contributed by atoms with Gasteiger partial charge in [0.1, 0.15) is 0 Å². The van der Waals surface area contributed by atoms with E-state index in [4.69, 9.17) is 4.74 Å². The summed E-state index contributed by atoms with van der Waals surface area (Å²) in [5.41, 5.74) is 0. The van der Waals surface area contributed by atoms with Gasteiger partial charge in [0.2, 0.25) is 0 Å². The number of carbonyl (C=O) groups excluding carboxylic acids is 1. The van der Waals surface area contributed by atoms with E-state index in [0.29, 0.717) is 13.0 Å². The summed E-state index contributed by atoms with van der Waals surface area (Å²) < 4.78 is 5.15. The van der Waals surface area contributed by atoms with Gasteiger partial charge in [0.05, 0.1) is 0 Å². The van der Waals surface area contributed by atoms with E-state index >= 15 is 0 Å². The molecule has 3 aromatic rings. The van der Waals surface area contributed by atoms with Crippen LogP contribution < -0.4 is 15.9 Å². The maximum absolute atomic E-state index is 11.9. The summed E-state index contributed by atoms with van der Waals surface area (Å²) in [4.78, 5) is 11.9. The van der Waals surface area contributed by atoms with Gasteiger partial charge in [0, 0.05) is 0 Å². The van der Waals surface area contributed by atoms with E-state index in [1.807, 2.05) is 6.92 Å². The Balaban J connectivity index is 0.00000280. The molecular formula is C24H28BrO2P. The number of rotatable bonds is 8. The van der Waals surface area contributed by atoms with Gasteiger partial charge in [-0.25, -0.2) is 0 Å². The van der Waals surface area contributed by atoms with E-state index in [9.17, 15) is 4.79 Å². The SMILES string of the molecule is Br.CCOC(=O)CCC[PH](c1ccccc1)(c1ccccc1)c1ccccc1. The van der Waals surface area contributed by atoms with Gasteiger partial charge in [0.25, 0.3) is 0 Å². The van der Waals surface area contributed by atoms with Crippen molar-refractivity contribution >= 4 is 46.1 Å². The van der Waals surface area contributed by atoms with E-state index in [0.717, 1.165) is 12.6 Å². The van der Waals surface area contributed by atoms with Gasteiger partial charge in [-0.2, -0.15) is 0 Å². The van der Waals surface area contributed by atoms with Gasteiger partial charge in [0.15, 0.2) is 0 Å². The Morgan fingerprint density at radius 2 is 1.14 bits per heavy atom. The van der Waals surface area contributed by atoms with E-state index in [1.54, 1.807) is 0 Å². The van der Waals surface area contributed by atoms with Gasteiger partial charge in [-0.3, -0.25) is 0 Å². The number of hydrogen-bond donors (Lipinski definition) is 0. The third-order valence-corrected chi connectivity index (χ3v) is 10.1. The molecular weight excluding hydrogens is 431 g/mol. The van der Waals surface area contributed by atoms with E-state index in [-0.39, 0.29) is 23.0 Å². The van der Waals surface area contributed by atoms with Crippen molar-refractivity contribution in [3.63, 3.8) is 0 Å². The van der Waals surface area contributed by atoms with Gasteiger partial charge < -0.3 is 0 Å². The normalized spacial score (nSPS) is 11.3. The summed E-state index contributed by atoms with van der Waals surface area (Å²) >= 11 is 0. The molecule has 4 heteroatoms. The maximum atomic E-state index is 11.9. The molecule has 0 aromatic heterocycles. The molecule has 0 unspecified atom stereocenters. The average Bonchev–Trinajstić information content (AvgIpc) is 2.73. The van der Waals surface area contributed by atoms with Crippen LogP contribution in [0.5, 0.6) is 0 Å². The zero-order valence-corrected chi connectivity index (χ0v) is 18.9. The summed E-state index contributed by atoms with van der Waals surface area (Å²) in [7, 11) is -2.22. The Morgan fingerprint density at radius 3 is 1.50 bits per heavy atom. The molecule has 2 nitrogen and oxygen atoms in total. The molecule has 0 N–H and O–H groups in total. The molecule has 0 saturated carbocycles. The summed E-state index contributed by atoms with van der Waals surface area (Å²) in [6.07, 6.45) is 2.27. The molecule has 3 aromatic carbocycles. The molecule has 0 saturated heterocycles. The molecule has 0 aliphatic rings. The number of hydrogen-bond acceptors (Lipinski definition) is 2. The Hall–Kier alpha value is -1.96. The van der Waals surface area contributed by atoms with Crippen molar-refractivity contribution in [1.82, 2.24) is 0 Å². The minimum atomic E-state index is -2.22. The number of ether oxygens (including phenoxy) is 1. The van der Waals surface area contributed by atoms with E-state index in [2.05, 4.69) is 91.0 Å². The topological polar surface area (TPSA) is 26.3 Å². The number of carbonyl (C=O) groups is 1. The van der Waals surface area contributed by atoms with Gasteiger partial charge in [-0.1, -0.05) is 0 Å². The fraction of sp³-hybridized carbons (Fsp3) is 0.208. The first-order chi connectivity index (χ1) is 13.3. The van der Waals surface area contributed by atoms with Crippen LogP contribution in [0.25, 0.3) is 0 Å². The van der Waals surface area contributed by atoms with Crippen molar-refractivity contribution in [2.45, 2.75) is 19.8 Å². The van der Waals surface area contributed by atoms with Crippen molar-refractivity contribution in [3.8, 4) is 0 Å². The first-order valence-corrected chi connectivity index (χ1v) is 11.8. The molecule has 0 aliphatic carbocycles. The zero-order valence-electron chi connectivity index (χ0n) is 16.2. The Morgan fingerprint density at radius 1 is 0.750 bits per heavy atom. The molecule has 148 valence electrons. The van der Waals surface area contributed by atoms with Crippen LogP contribution in [0.4, 0.5) is 0 Å². The number of esters is 1. The van der Waals surface area contributed by atoms with Crippen LogP contribution in [0, 0.1) is 0 Å². The Labute approximate surface area is 179 Å². The van der Waals surface area contributed by atoms with Crippen molar-refractivity contribution in [1.29, 1.82) is 0 Å². The zero-order chi connectivity index (χ0) is 19.0. The molecule has 0 bridgehead atoms. The van der Waals surface area contributed by atoms with Crippen LogP contribution in [0.3, 0.4) is 0 Å². The van der Waals surface area contributed by atoms with E-state index in [1.165, 1.54) is 15.9 Å². The van der Waals surface area contributed by atoms with Gasteiger partial charge in [-0.15, -0.1) is 17.0 Å². The standard InChI is InChI=1S/C24H27O2P.BrH/c1-2-26-24(25)19-12-20-27(21-13-6-3-7-14-21,22-15-8-4-9-16-22)23-17-10-5-11-18-23;/h3-11,13-18,27H,2,12,19-20H2,1H3;1H. The van der Waals surface area contributed by atoms with Crippen LogP contribution in [-0.2, 0) is 9.53 Å². The summed E-state index contributed by atoms with van der Waals surface area (Å²) in [6, 6.07) is 32.4. The second-order valence-electron chi connectivity index (χ2n) is 6.66. The molecule has 0 radical (unpaired) electrons. The van der Waals surface area contributed by atoms with Crippen LogP contribution in [0.2, 0.25) is 0 Å². The summed E-state index contributed by atoms with van der Waals surface area (Å²) in [6.45, 7) is 2.30.